The summed E-state index contributed by atoms with van der Waals surface area (Å²) in [6.07, 6.45) is 8.38. The van der Waals surface area contributed by atoms with Crippen LogP contribution < -0.4 is 5.73 Å². The van der Waals surface area contributed by atoms with Crippen molar-refractivity contribution in [2.45, 2.75) is 58.8 Å². The van der Waals surface area contributed by atoms with E-state index in [1.54, 1.807) is 0 Å². The van der Waals surface area contributed by atoms with E-state index in [1.807, 2.05) is 0 Å². The van der Waals surface area contributed by atoms with E-state index in [9.17, 15) is 0 Å². The van der Waals surface area contributed by atoms with Gasteiger partial charge in [-0.25, -0.2) is 0 Å². The number of nitrogens with one attached hydrogen (secondary N) is 1. The summed E-state index contributed by atoms with van der Waals surface area (Å²) in [5.74, 6) is 0.746. The van der Waals surface area contributed by atoms with Crippen LogP contribution in [-0.4, -0.2) is 5.84 Å². The highest BCUT2D eigenvalue weighted by atomic mass is 14.7. The van der Waals surface area contributed by atoms with Crippen LogP contribution in [0.3, 0.4) is 0 Å². The molecule has 0 radical (unpaired) electrons. The van der Waals surface area contributed by atoms with Gasteiger partial charge in [-0.3, -0.25) is 5.41 Å². The normalized spacial score (nSPS) is 12.8. The highest BCUT2D eigenvalue weighted by molar-refractivity contribution is 5.79. The molecule has 1 unspecified atom stereocenters. The van der Waals surface area contributed by atoms with Crippen LogP contribution in [0, 0.1) is 11.3 Å². The molecule has 2 nitrogen and oxygen atoms in total. The number of hydrogen-bond donors (Lipinski definition) is 2. The van der Waals surface area contributed by atoms with E-state index in [1.165, 1.54) is 32.1 Å². The minimum absolute atomic E-state index is 0.353. The van der Waals surface area contributed by atoms with Gasteiger partial charge in [-0.2, -0.15) is 0 Å². The second kappa shape index (κ2) is 8.09. The van der Waals surface area contributed by atoms with Gasteiger partial charge in [0.1, 0.15) is 0 Å². The number of nitrogens with two attached hydrogens (primary N) is 1. The molecule has 0 aliphatic heterocycles. The largest absolute Gasteiger partial charge is 0.387 e. The molecule has 3 N–H and O–H groups in total. The molecule has 0 fully saturated rings. The second-order valence-corrected chi connectivity index (χ2v) is 3.79. The highest BCUT2D eigenvalue weighted by Gasteiger charge is 2.10. The van der Waals surface area contributed by atoms with E-state index in [2.05, 4.69) is 13.8 Å². The van der Waals surface area contributed by atoms with Gasteiger partial charge in [0.25, 0.3) is 0 Å². The lowest BCUT2D eigenvalue weighted by molar-refractivity contribution is 0.508. The van der Waals surface area contributed by atoms with Gasteiger partial charge in [0, 0.05) is 5.92 Å². The summed E-state index contributed by atoms with van der Waals surface area (Å²) in [4.78, 5) is 0. The van der Waals surface area contributed by atoms with Crippen molar-refractivity contribution in [2.24, 2.45) is 11.7 Å². The quantitative estimate of drug-likeness (QED) is 0.339. The average Bonchev–Trinajstić information content (AvgIpc) is 2.10. The number of hydrogen-bond acceptors (Lipinski definition) is 1. The maximum atomic E-state index is 7.44. The van der Waals surface area contributed by atoms with Gasteiger partial charge in [-0.1, -0.05) is 46.0 Å². The van der Waals surface area contributed by atoms with E-state index in [0.717, 1.165) is 12.8 Å². The summed E-state index contributed by atoms with van der Waals surface area (Å²) >= 11 is 0. The maximum absolute atomic E-state index is 7.44. The molecule has 0 aliphatic carbocycles. The van der Waals surface area contributed by atoms with Gasteiger partial charge in [0.15, 0.2) is 0 Å². The first-order valence-corrected chi connectivity index (χ1v) is 5.56. The molecule has 0 saturated carbocycles. The molecule has 0 amide bonds. The maximum Gasteiger partial charge on any atom is 0.0936 e. The van der Waals surface area contributed by atoms with E-state index < -0.39 is 0 Å². The third kappa shape index (κ3) is 6.62. The molecular weight excluding hydrogens is 160 g/mol. The van der Waals surface area contributed by atoms with Gasteiger partial charge in [-0.05, 0) is 12.8 Å². The lowest BCUT2D eigenvalue weighted by atomic mass is 9.95. The number of rotatable bonds is 8. The minimum Gasteiger partial charge on any atom is -0.387 e. The SMILES string of the molecule is CCCCCC(CCCC)C(=N)N. The van der Waals surface area contributed by atoms with Crippen molar-refractivity contribution < 1.29 is 0 Å². The molecule has 0 bridgehead atoms. The Kier molecular flexibility index (Phi) is 7.76. The van der Waals surface area contributed by atoms with Crippen LogP contribution in [0.1, 0.15) is 58.8 Å². The predicted molar refractivity (Wildman–Crippen MR) is 59.1 cm³/mol. The number of amidine groups is 1. The third-order valence-corrected chi connectivity index (χ3v) is 2.50. The fourth-order valence-electron chi connectivity index (χ4n) is 1.55. The van der Waals surface area contributed by atoms with E-state index in [4.69, 9.17) is 11.1 Å². The van der Waals surface area contributed by atoms with Crippen LogP contribution in [-0.2, 0) is 0 Å². The molecule has 0 aromatic rings. The van der Waals surface area contributed by atoms with Gasteiger partial charge >= 0.3 is 0 Å². The third-order valence-electron chi connectivity index (χ3n) is 2.50. The van der Waals surface area contributed by atoms with Crippen LogP contribution in [0.25, 0.3) is 0 Å². The summed E-state index contributed by atoms with van der Waals surface area (Å²) in [6, 6.07) is 0. The summed E-state index contributed by atoms with van der Waals surface area (Å²) in [5.41, 5.74) is 5.54. The lowest BCUT2D eigenvalue weighted by Gasteiger charge is -2.14. The molecular formula is C11H24N2. The second-order valence-electron chi connectivity index (χ2n) is 3.79. The summed E-state index contributed by atoms with van der Waals surface area (Å²) in [6.45, 7) is 4.39. The Hall–Kier alpha value is -0.530. The minimum atomic E-state index is 0.353. The predicted octanol–water partition coefficient (Wildman–Crippen LogP) is 3.31. The van der Waals surface area contributed by atoms with Crippen molar-refractivity contribution >= 4 is 5.84 Å². The molecule has 0 spiro atoms. The zero-order chi connectivity index (χ0) is 10.1. The first kappa shape index (κ1) is 12.5. The molecule has 0 aliphatic rings. The van der Waals surface area contributed by atoms with Crippen molar-refractivity contribution in [3.8, 4) is 0 Å². The first-order chi connectivity index (χ1) is 6.22. The van der Waals surface area contributed by atoms with E-state index >= 15 is 0 Å². The molecule has 13 heavy (non-hydrogen) atoms. The first-order valence-electron chi connectivity index (χ1n) is 5.56. The lowest BCUT2D eigenvalue weighted by Crippen LogP contribution is -2.22. The zero-order valence-electron chi connectivity index (χ0n) is 9.10. The summed E-state index contributed by atoms with van der Waals surface area (Å²) in [7, 11) is 0. The van der Waals surface area contributed by atoms with Gasteiger partial charge in [-0.15, -0.1) is 0 Å². The molecule has 0 aromatic carbocycles. The Labute approximate surface area is 82.4 Å². The van der Waals surface area contributed by atoms with Crippen molar-refractivity contribution in [3.63, 3.8) is 0 Å². The molecule has 2 heteroatoms. The smallest absolute Gasteiger partial charge is 0.0936 e. The Balaban J connectivity index is 3.61. The topological polar surface area (TPSA) is 49.9 Å². The van der Waals surface area contributed by atoms with Crippen molar-refractivity contribution in [3.05, 3.63) is 0 Å². The fraction of sp³-hybridized carbons (Fsp3) is 0.909. The van der Waals surface area contributed by atoms with E-state index in [0.29, 0.717) is 11.8 Å². The van der Waals surface area contributed by atoms with Gasteiger partial charge in [0.05, 0.1) is 5.84 Å². The summed E-state index contributed by atoms with van der Waals surface area (Å²) < 4.78 is 0. The summed E-state index contributed by atoms with van der Waals surface area (Å²) in [5, 5.41) is 7.44. The Morgan fingerprint density at radius 1 is 1.08 bits per heavy atom. The Morgan fingerprint density at radius 3 is 2.08 bits per heavy atom. The number of unbranched alkanes of at least 4 members (excludes halogenated alkanes) is 3. The standard InChI is InChI=1S/C11H24N2/c1-3-5-7-9-10(11(12)13)8-6-4-2/h10H,3-9H2,1-2H3,(H3,12,13). The molecule has 0 aromatic heterocycles. The molecule has 0 rings (SSSR count). The van der Waals surface area contributed by atoms with Crippen molar-refractivity contribution in [1.82, 2.24) is 0 Å². The van der Waals surface area contributed by atoms with Crippen molar-refractivity contribution in [1.29, 1.82) is 5.41 Å². The van der Waals surface area contributed by atoms with Crippen LogP contribution in [0.5, 0.6) is 0 Å². The van der Waals surface area contributed by atoms with Crippen LogP contribution in [0.15, 0.2) is 0 Å². The molecule has 0 heterocycles. The molecule has 0 saturated heterocycles. The molecule has 78 valence electrons. The van der Waals surface area contributed by atoms with Crippen LogP contribution in [0.2, 0.25) is 0 Å². The van der Waals surface area contributed by atoms with Crippen LogP contribution in [0.4, 0.5) is 0 Å². The Bertz CT molecular complexity index is 132. The van der Waals surface area contributed by atoms with Gasteiger partial charge < -0.3 is 5.73 Å². The van der Waals surface area contributed by atoms with E-state index in [-0.39, 0.29) is 0 Å². The molecule has 1 atom stereocenters. The Morgan fingerprint density at radius 2 is 1.62 bits per heavy atom. The average molecular weight is 184 g/mol. The fourth-order valence-corrected chi connectivity index (χ4v) is 1.55. The van der Waals surface area contributed by atoms with Crippen LogP contribution >= 0.6 is 0 Å². The monoisotopic (exact) mass is 184 g/mol. The zero-order valence-corrected chi connectivity index (χ0v) is 9.10. The van der Waals surface area contributed by atoms with Crippen molar-refractivity contribution in [2.75, 3.05) is 0 Å². The van der Waals surface area contributed by atoms with Gasteiger partial charge in [0.2, 0.25) is 0 Å². The highest BCUT2D eigenvalue weighted by Crippen LogP contribution is 2.16.